The molecule has 0 fully saturated rings. The van der Waals surface area contributed by atoms with Crippen LogP contribution in [-0.4, -0.2) is 35.9 Å². The van der Waals surface area contributed by atoms with Crippen molar-refractivity contribution in [3.05, 3.63) is 72.3 Å². The molecule has 27 heavy (non-hydrogen) atoms. The zero-order chi connectivity index (χ0) is 18.6. The molecule has 4 aromatic rings. The van der Waals surface area contributed by atoms with E-state index >= 15 is 0 Å². The average molecular weight is 360 g/mol. The molecule has 0 aliphatic carbocycles. The van der Waals surface area contributed by atoms with E-state index in [1.165, 1.54) is 24.7 Å². The third-order valence-corrected chi connectivity index (χ3v) is 3.98. The highest BCUT2D eigenvalue weighted by Gasteiger charge is 2.10. The molecule has 0 spiro atoms. The summed E-state index contributed by atoms with van der Waals surface area (Å²) in [4.78, 5) is 12.9. The second-order valence-corrected chi connectivity index (χ2v) is 5.87. The fraction of sp³-hybridized carbons (Fsp3) is 0.0526. The lowest BCUT2D eigenvalue weighted by Crippen LogP contribution is -2.00. The summed E-state index contributed by atoms with van der Waals surface area (Å²) in [6, 6.07) is 14.5. The van der Waals surface area contributed by atoms with Crippen molar-refractivity contribution in [3.8, 4) is 11.5 Å². The van der Waals surface area contributed by atoms with E-state index in [4.69, 9.17) is 0 Å². The van der Waals surface area contributed by atoms with Crippen LogP contribution in [0.15, 0.2) is 66.3 Å². The standard InChI is InChI=1S/C19H16N6O2/c26-15-7-6-14(8-16(15)27)9-23-24-18-17-19(21-11-20-18)25(12-22-17)10-13-4-2-1-3-5-13/h1-9,11-12,26-27H,10H2,(H,20,21,24)/b23-9+. The Morgan fingerprint density at radius 1 is 1.00 bits per heavy atom. The molecule has 8 heteroatoms. The van der Waals surface area contributed by atoms with Gasteiger partial charge in [0.2, 0.25) is 0 Å². The highest BCUT2D eigenvalue weighted by Crippen LogP contribution is 2.24. The first-order valence-electron chi connectivity index (χ1n) is 8.21. The van der Waals surface area contributed by atoms with Gasteiger partial charge in [-0.15, -0.1) is 0 Å². The van der Waals surface area contributed by atoms with Gasteiger partial charge in [0.15, 0.2) is 28.5 Å². The summed E-state index contributed by atoms with van der Waals surface area (Å²) in [6.45, 7) is 0.657. The summed E-state index contributed by atoms with van der Waals surface area (Å²) in [5.41, 5.74) is 5.93. The molecule has 0 aliphatic heterocycles. The van der Waals surface area contributed by atoms with Gasteiger partial charge in [-0.1, -0.05) is 30.3 Å². The van der Waals surface area contributed by atoms with Gasteiger partial charge >= 0.3 is 0 Å². The topological polar surface area (TPSA) is 108 Å². The van der Waals surface area contributed by atoms with E-state index < -0.39 is 0 Å². The maximum Gasteiger partial charge on any atom is 0.177 e. The van der Waals surface area contributed by atoms with Crippen LogP contribution in [0.2, 0.25) is 0 Å². The van der Waals surface area contributed by atoms with Gasteiger partial charge in [-0.25, -0.2) is 15.0 Å². The molecule has 4 rings (SSSR count). The first-order valence-corrected chi connectivity index (χ1v) is 8.21. The molecule has 0 aliphatic rings. The minimum atomic E-state index is -0.206. The number of rotatable bonds is 5. The Bertz CT molecular complexity index is 1110. The highest BCUT2D eigenvalue weighted by molar-refractivity contribution is 5.85. The number of phenolic OH excluding ortho intramolecular Hbond substituents is 2. The summed E-state index contributed by atoms with van der Waals surface area (Å²) >= 11 is 0. The number of hydrogen-bond acceptors (Lipinski definition) is 7. The van der Waals surface area contributed by atoms with Gasteiger partial charge in [0, 0.05) is 0 Å². The normalized spacial score (nSPS) is 11.3. The predicted octanol–water partition coefficient (Wildman–Crippen LogP) is 2.73. The molecule has 0 unspecified atom stereocenters. The number of aromatic hydroxyl groups is 2. The van der Waals surface area contributed by atoms with Crippen LogP contribution in [0.1, 0.15) is 11.1 Å². The van der Waals surface area contributed by atoms with Crippen LogP contribution in [0.25, 0.3) is 11.2 Å². The Morgan fingerprint density at radius 3 is 2.67 bits per heavy atom. The van der Waals surface area contributed by atoms with Crippen molar-refractivity contribution in [2.24, 2.45) is 5.10 Å². The maximum absolute atomic E-state index is 9.52. The van der Waals surface area contributed by atoms with Crippen molar-refractivity contribution in [1.82, 2.24) is 19.5 Å². The van der Waals surface area contributed by atoms with Crippen molar-refractivity contribution in [2.45, 2.75) is 6.54 Å². The van der Waals surface area contributed by atoms with Gasteiger partial charge in [-0.2, -0.15) is 5.10 Å². The van der Waals surface area contributed by atoms with Crippen LogP contribution in [-0.2, 0) is 6.54 Å². The second-order valence-electron chi connectivity index (χ2n) is 5.87. The minimum absolute atomic E-state index is 0.179. The van der Waals surface area contributed by atoms with Gasteiger partial charge in [-0.3, -0.25) is 5.43 Å². The molecular formula is C19H16N6O2. The van der Waals surface area contributed by atoms with E-state index in [1.807, 2.05) is 34.9 Å². The first-order chi connectivity index (χ1) is 13.2. The lowest BCUT2D eigenvalue weighted by Gasteiger charge is -2.04. The number of nitrogens with zero attached hydrogens (tertiary/aromatic N) is 5. The van der Waals surface area contributed by atoms with Crippen LogP contribution in [0.5, 0.6) is 11.5 Å². The molecule has 2 heterocycles. The van der Waals surface area contributed by atoms with Crippen molar-refractivity contribution in [2.75, 3.05) is 5.43 Å². The Kier molecular flexibility index (Phi) is 4.36. The number of anilines is 1. The number of hydrogen-bond donors (Lipinski definition) is 3. The van der Waals surface area contributed by atoms with Crippen molar-refractivity contribution in [3.63, 3.8) is 0 Å². The first kappa shape index (κ1) is 16.5. The number of aromatic nitrogens is 4. The lowest BCUT2D eigenvalue weighted by molar-refractivity contribution is 0.403. The number of benzene rings is 2. The molecule has 0 saturated carbocycles. The lowest BCUT2D eigenvalue weighted by atomic mass is 10.2. The Balaban J connectivity index is 1.55. The molecule has 0 amide bonds. The van der Waals surface area contributed by atoms with Crippen LogP contribution in [0.4, 0.5) is 5.82 Å². The van der Waals surface area contributed by atoms with E-state index in [0.717, 1.165) is 5.56 Å². The summed E-state index contributed by atoms with van der Waals surface area (Å²) in [7, 11) is 0. The zero-order valence-corrected chi connectivity index (χ0v) is 14.2. The van der Waals surface area contributed by atoms with Gasteiger partial charge in [0.25, 0.3) is 0 Å². The molecule has 0 atom stereocenters. The molecule has 2 aromatic carbocycles. The van der Waals surface area contributed by atoms with Gasteiger partial charge in [-0.05, 0) is 29.3 Å². The zero-order valence-electron chi connectivity index (χ0n) is 14.2. The van der Waals surface area contributed by atoms with Crippen molar-refractivity contribution in [1.29, 1.82) is 0 Å². The van der Waals surface area contributed by atoms with E-state index in [-0.39, 0.29) is 11.5 Å². The Hall–Kier alpha value is -3.94. The summed E-state index contributed by atoms with van der Waals surface area (Å²) < 4.78 is 1.94. The largest absolute Gasteiger partial charge is 0.504 e. The van der Waals surface area contributed by atoms with Crippen LogP contribution >= 0.6 is 0 Å². The van der Waals surface area contributed by atoms with E-state index in [0.29, 0.717) is 29.1 Å². The van der Waals surface area contributed by atoms with E-state index in [9.17, 15) is 10.2 Å². The van der Waals surface area contributed by atoms with Crippen LogP contribution in [0.3, 0.4) is 0 Å². The minimum Gasteiger partial charge on any atom is -0.504 e. The molecule has 8 nitrogen and oxygen atoms in total. The number of phenols is 2. The van der Waals surface area contributed by atoms with Crippen LogP contribution < -0.4 is 5.43 Å². The quantitative estimate of drug-likeness (QED) is 0.287. The SMILES string of the molecule is Oc1ccc(/C=N/Nc2ncnc3c2ncn3Cc2ccccc2)cc1O. The molecule has 134 valence electrons. The molecule has 0 radical (unpaired) electrons. The average Bonchev–Trinajstić information content (AvgIpc) is 3.09. The molecule has 2 aromatic heterocycles. The number of nitrogens with one attached hydrogen (secondary N) is 1. The second kappa shape index (κ2) is 7.12. The molecule has 0 bridgehead atoms. The molecule has 0 saturated heterocycles. The summed E-state index contributed by atoms with van der Waals surface area (Å²) in [5.74, 6) is 0.0932. The smallest absolute Gasteiger partial charge is 0.177 e. The Labute approximate surface area is 154 Å². The Morgan fingerprint density at radius 2 is 1.85 bits per heavy atom. The summed E-state index contributed by atoms with van der Waals surface area (Å²) in [5, 5.41) is 23.0. The monoisotopic (exact) mass is 360 g/mol. The fourth-order valence-corrected chi connectivity index (χ4v) is 2.65. The number of fused-ring (bicyclic) bond motifs is 1. The fourth-order valence-electron chi connectivity index (χ4n) is 2.65. The molecular weight excluding hydrogens is 344 g/mol. The third-order valence-electron chi connectivity index (χ3n) is 3.98. The van der Waals surface area contributed by atoms with Crippen molar-refractivity contribution < 1.29 is 10.2 Å². The molecule has 3 N–H and O–H groups in total. The van der Waals surface area contributed by atoms with E-state index in [1.54, 1.807) is 12.4 Å². The van der Waals surface area contributed by atoms with Gasteiger partial charge < -0.3 is 14.8 Å². The van der Waals surface area contributed by atoms with E-state index in [2.05, 4.69) is 25.5 Å². The third kappa shape index (κ3) is 3.54. The van der Waals surface area contributed by atoms with Crippen LogP contribution in [0, 0.1) is 0 Å². The predicted molar refractivity (Wildman–Crippen MR) is 102 cm³/mol. The number of imidazole rings is 1. The van der Waals surface area contributed by atoms with Gasteiger partial charge in [0.05, 0.1) is 19.1 Å². The maximum atomic E-state index is 9.52. The number of hydrazone groups is 1. The van der Waals surface area contributed by atoms with Gasteiger partial charge in [0.1, 0.15) is 6.33 Å². The highest BCUT2D eigenvalue weighted by atomic mass is 16.3. The summed E-state index contributed by atoms with van der Waals surface area (Å²) in [6.07, 6.45) is 4.68. The van der Waals surface area contributed by atoms with Crippen molar-refractivity contribution >= 4 is 23.2 Å².